The third-order valence-corrected chi connectivity index (χ3v) is 2.24. The molecule has 0 bridgehead atoms. The third kappa shape index (κ3) is 2.05. The number of nitrogens with one attached hydrogen (secondary N) is 1. The summed E-state index contributed by atoms with van der Waals surface area (Å²) in [6.07, 6.45) is 0. The van der Waals surface area contributed by atoms with Crippen LogP contribution in [0.4, 0.5) is 0 Å². The molecule has 10 heavy (non-hydrogen) atoms. The van der Waals surface area contributed by atoms with Crippen molar-refractivity contribution in [3.63, 3.8) is 0 Å². The van der Waals surface area contributed by atoms with Gasteiger partial charge in [0.15, 0.2) is 0 Å². The van der Waals surface area contributed by atoms with E-state index < -0.39 is 0 Å². The fraction of sp³-hybridized carbons (Fsp3) is 1.00. The molecular formula is C6H13IN2O. The van der Waals surface area contributed by atoms with Crippen LogP contribution >= 0.6 is 22.9 Å². The smallest absolute Gasteiger partial charge is 0.0994 e. The highest BCUT2D eigenvalue weighted by Crippen LogP contribution is 2.07. The third-order valence-electron chi connectivity index (χ3n) is 1.80. The van der Waals surface area contributed by atoms with Gasteiger partial charge in [-0.2, -0.15) is 0 Å². The number of halogens is 1. The lowest BCUT2D eigenvalue weighted by Crippen LogP contribution is -2.36. The van der Waals surface area contributed by atoms with Crippen LogP contribution in [0.1, 0.15) is 6.92 Å². The monoisotopic (exact) mass is 256 g/mol. The molecule has 0 aliphatic carbocycles. The summed E-state index contributed by atoms with van der Waals surface area (Å²) in [7, 11) is 0. The summed E-state index contributed by atoms with van der Waals surface area (Å²) < 4.78 is 8.42. The first kappa shape index (κ1) is 8.70. The molecule has 1 atom stereocenters. The molecular weight excluding hydrogens is 243 g/mol. The van der Waals surface area contributed by atoms with Crippen LogP contribution in [0.25, 0.3) is 0 Å². The highest BCUT2D eigenvalue weighted by molar-refractivity contribution is 14.1. The summed E-state index contributed by atoms with van der Waals surface area (Å²) >= 11 is 2.17. The standard InChI is InChI=1S/C6H13IN2O/c1-2-9-5-10-4-6(9)3-8-7/h6,8H,2-5H2,1H3. The zero-order chi connectivity index (χ0) is 7.40. The molecule has 0 spiro atoms. The summed E-state index contributed by atoms with van der Waals surface area (Å²) in [5.41, 5.74) is 0. The summed E-state index contributed by atoms with van der Waals surface area (Å²) in [6, 6.07) is 0.585. The predicted octanol–water partition coefficient (Wildman–Crippen LogP) is 0.604. The van der Waals surface area contributed by atoms with E-state index in [9.17, 15) is 0 Å². The topological polar surface area (TPSA) is 24.5 Å². The first-order valence-electron chi connectivity index (χ1n) is 3.53. The first-order chi connectivity index (χ1) is 4.88. The maximum Gasteiger partial charge on any atom is 0.0994 e. The Bertz CT molecular complexity index is 102. The molecule has 1 rings (SSSR count). The summed E-state index contributed by atoms with van der Waals surface area (Å²) in [5, 5.41) is 0. The Hall–Kier alpha value is 0.610. The zero-order valence-electron chi connectivity index (χ0n) is 6.14. The molecule has 4 heteroatoms. The van der Waals surface area contributed by atoms with Crippen LogP contribution < -0.4 is 3.53 Å². The number of hydrogen-bond donors (Lipinski definition) is 1. The Labute approximate surface area is 75.6 Å². The highest BCUT2D eigenvalue weighted by atomic mass is 127. The van der Waals surface area contributed by atoms with Crippen molar-refractivity contribution in [2.24, 2.45) is 0 Å². The lowest BCUT2D eigenvalue weighted by Gasteiger charge is -2.18. The Kier molecular flexibility index (Phi) is 3.90. The molecule has 0 radical (unpaired) electrons. The van der Waals surface area contributed by atoms with Crippen molar-refractivity contribution in [2.75, 3.05) is 26.4 Å². The molecule has 0 aromatic heterocycles. The number of ether oxygens (including phenoxy) is 1. The number of likely N-dealkylation sites (N-methyl/N-ethyl adjacent to an activating group) is 1. The van der Waals surface area contributed by atoms with E-state index in [1.165, 1.54) is 0 Å². The second kappa shape index (κ2) is 4.48. The van der Waals surface area contributed by atoms with E-state index in [1.54, 1.807) is 0 Å². The molecule has 1 unspecified atom stereocenters. The minimum atomic E-state index is 0.585. The van der Waals surface area contributed by atoms with E-state index in [1.807, 2.05) is 0 Å². The highest BCUT2D eigenvalue weighted by Gasteiger charge is 2.22. The van der Waals surface area contributed by atoms with Crippen LogP contribution in [-0.2, 0) is 4.74 Å². The van der Waals surface area contributed by atoms with Gasteiger partial charge in [0.05, 0.1) is 13.3 Å². The second-order valence-corrected chi connectivity index (χ2v) is 3.16. The fourth-order valence-electron chi connectivity index (χ4n) is 1.14. The molecule has 0 saturated carbocycles. The molecule has 1 aliphatic rings. The van der Waals surface area contributed by atoms with Crippen LogP contribution in [0, 0.1) is 0 Å². The average molecular weight is 256 g/mol. The van der Waals surface area contributed by atoms with Gasteiger partial charge < -0.3 is 4.74 Å². The Morgan fingerprint density at radius 1 is 1.80 bits per heavy atom. The molecule has 0 amide bonds. The van der Waals surface area contributed by atoms with Gasteiger partial charge in [-0.1, -0.05) is 6.92 Å². The molecule has 1 aliphatic heterocycles. The zero-order valence-corrected chi connectivity index (χ0v) is 8.30. The van der Waals surface area contributed by atoms with Gasteiger partial charge in [-0.3, -0.25) is 8.43 Å². The molecule has 3 nitrogen and oxygen atoms in total. The van der Waals surface area contributed by atoms with Gasteiger partial charge in [-0.25, -0.2) is 0 Å². The summed E-state index contributed by atoms with van der Waals surface area (Å²) in [4.78, 5) is 2.33. The quantitative estimate of drug-likeness (QED) is 0.591. The van der Waals surface area contributed by atoms with E-state index in [-0.39, 0.29) is 0 Å². The van der Waals surface area contributed by atoms with Crippen LogP contribution in [0.5, 0.6) is 0 Å². The van der Waals surface area contributed by atoms with E-state index in [0.717, 1.165) is 26.4 Å². The Morgan fingerprint density at radius 3 is 3.20 bits per heavy atom. The van der Waals surface area contributed by atoms with Crippen LogP contribution in [0.2, 0.25) is 0 Å². The first-order valence-corrected chi connectivity index (χ1v) is 4.61. The largest absolute Gasteiger partial charge is 0.364 e. The van der Waals surface area contributed by atoms with Crippen LogP contribution in [0.15, 0.2) is 0 Å². The average Bonchev–Trinajstić information content (AvgIpc) is 2.36. The van der Waals surface area contributed by atoms with Gasteiger partial charge >= 0.3 is 0 Å². The van der Waals surface area contributed by atoms with Gasteiger partial charge in [0.1, 0.15) is 0 Å². The minimum Gasteiger partial charge on any atom is -0.364 e. The van der Waals surface area contributed by atoms with Crippen molar-refractivity contribution in [1.29, 1.82) is 0 Å². The van der Waals surface area contributed by atoms with Crippen molar-refractivity contribution in [3.8, 4) is 0 Å². The van der Waals surface area contributed by atoms with Gasteiger partial charge in [-0.05, 0) is 6.54 Å². The van der Waals surface area contributed by atoms with Crippen molar-refractivity contribution in [3.05, 3.63) is 0 Å². The van der Waals surface area contributed by atoms with Crippen molar-refractivity contribution < 1.29 is 4.74 Å². The van der Waals surface area contributed by atoms with E-state index in [2.05, 4.69) is 38.2 Å². The van der Waals surface area contributed by atoms with Gasteiger partial charge in [-0.15, -0.1) is 0 Å². The maximum absolute atomic E-state index is 5.30. The summed E-state index contributed by atoms with van der Waals surface area (Å²) in [5.74, 6) is 0. The van der Waals surface area contributed by atoms with Gasteiger partial charge in [0.25, 0.3) is 0 Å². The van der Waals surface area contributed by atoms with Crippen molar-refractivity contribution in [2.45, 2.75) is 13.0 Å². The molecule has 60 valence electrons. The SMILES string of the molecule is CCN1COCC1CNI. The normalized spacial score (nSPS) is 27.6. The minimum absolute atomic E-state index is 0.585. The van der Waals surface area contributed by atoms with E-state index in [0.29, 0.717) is 6.04 Å². The lowest BCUT2D eigenvalue weighted by molar-refractivity contribution is 0.142. The lowest BCUT2D eigenvalue weighted by atomic mass is 10.3. The molecule has 0 aromatic carbocycles. The summed E-state index contributed by atoms with van der Waals surface area (Å²) in [6.45, 7) is 5.95. The van der Waals surface area contributed by atoms with Gasteiger partial charge in [0.2, 0.25) is 0 Å². The number of nitrogens with zero attached hydrogens (tertiary/aromatic N) is 1. The second-order valence-electron chi connectivity index (χ2n) is 2.40. The van der Waals surface area contributed by atoms with E-state index in [4.69, 9.17) is 4.74 Å². The maximum atomic E-state index is 5.30. The van der Waals surface area contributed by atoms with Gasteiger partial charge in [0, 0.05) is 35.5 Å². The molecule has 0 aromatic rings. The Balaban J connectivity index is 2.27. The molecule has 1 N–H and O–H groups in total. The van der Waals surface area contributed by atoms with Crippen LogP contribution in [0.3, 0.4) is 0 Å². The molecule has 1 fully saturated rings. The molecule has 1 heterocycles. The van der Waals surface area contributed by atoms with Crippen LogP contribution in [-0.4, -0.2) is 37.4 Å². The number of hydrogen-bond acceptors (Lipinski definition) is 3. The number of rotatable bonds is 3. The fourth-order valence-corrected chi connectivity index (χ4v) is 1.65. The molecule has 1 saturated heterocycles. The van der Waals surface area contributed by atoms with Crippen molar-refractivity contribution in [1.82, 2.24) is 8.43 Å². The predicted molar refractivity (Wildman–Crippen MR) is 49.0 cm³/mol. The Morgan fingerprint density at radius 2 is 2.60 bits per heavy atom. The van der Waals surface area contributed by atoms with E-state index >= 15 is 0 Å². The van der Waals surface area contributed by atoms with Crippen molar-refractivity contribution >= 4 is 22.9 Å².